The number of hydrogen-bond donors (Lipinski definition) is 0. The number of carbonyl (C=O) groups excluding carboxylic acids is 1. The van der Waals surface area contributed by atoms with Gasteiger partial charge in [-0.05, 0) is 47.9 Å². The number of thioether (sulfide) groups is 1. The van der Waals surface area contributed by atoms with E-state index in [4.69, 9.17) is 26.4 Å². The van der Waals surface area contributed by atoms with Crippen LogP contribution in [0.5, 0.6) is 17.2 Å². The molecule has 2 aromatic rings. The van der Waals surface area contributed by atoms with Gasteiger partial charge in [0.2, 0.25) is 5.75 Å². The summed E-state index contributed by atoms with van der Waals surface area (Å²) < 4.78 is 16.6. The molecular formula is C21H21NO4S2. The van der Waals surface area contributed by atoms with Gasteiger partial charge < -0.3 is 14.2 Å². The summed E-state index contributed by atoms with van der Waals surface area (Å²) in [6, 6.07) is 11.5. The van der Waals surface area contributed by atoms with E-state index in [0.29, 0.717) is 26.5 Å². The maximum Gasteiger partial charge on any atom is 0.270 e. The predicted molar refractivity (Wildman–Crippen MR) is 118 cm³/mol. The topological polar surface area (TPSA) is 48.0 Å². The van der Waals surface area contributed by atoms with Crippen LogP contribution in [-0.4, -0.2) is 31.6 Å². The Morgan fingerprint density at radius 3 is 2.14 bits per heavy atom. The van der Waals surface area contributed by atoms with Crippen molar-refractivity contribution < 1.29 is 19.0 Å². The highest BCUT2D eigenvalue weighted by atomic mass is 32.2. The van der Waals surface area contributed by atoms with E-state index in [9.17, 15) is 4.79 Å². The fourth-order valence-corrected chi connectivity index (χ4v) is 4.21. The number of carbonyl (C=O) groups is 1. The lowest BCUT2D eigenvalue weighted by atomic mass is 10.1. The standard InChI is InChI=1S/C21H21NO4S2/c1-5-13-6-8-15(9-7-13)22-20(23)18(28-21(22)27)12-14-10-16(24-2)19(26-4)17(11-14)25-3/h6-12H,5H2,1-4H3/b18-12-. The Kier molecular flexibility index (Phi) is 6.26. The van der Waals surface area contributed by atoms with Gasteiger partial charge in [0.15, 0.2) is 15.8 Å². The first kappa shape index (κ1) is 20.2. The lowest BCUT2D eigenvalue weighted by Crippen LogP contribution is -2.27. The van der Waals surface area contributed by atoms with Crippen LogP contribution in [0.15, 0.2) is 41.3 Å². The number of thiocarbonyl (C=S) groups is 1. The van der Waals surface area contributed by atoms with Crippen LogP contribution in [0, 0.1) is 0 Å². The minimum atomic E-state index is -0.145. The van der Waals surface area contributed by atoms with Gasteiger partial charge >= 0.3 is 0 Å². The molecule has 1 fully saturated rings. The van der Waals surface area contributed by atoms with E-state index in [1.807, 2.05) is 24.3 Å². The van der Waals surface area contributed by atoms with Crippen LogP contribution < -0.4 is 19.1 Å². The second-order valence-corrected chi connectivity index (χ2v) is 7.67. The summed E-state index contributed by atoms with van der Waals surface area (Å²) in [5.41, 5.74) is 2.74. The Morgan fingerprint density at radius 1 is 1.04 bits per heavy atom. The van der Waals surface area contributed by atoms with E-state index in [1.165, 1.54) is 17.3 Å². The second-order valence-electron chi connectivity index (χ2n) is 6.00. The summed E-state index contributed by atoms with van der Waals surface area (Å²) >= 11 is 6.72. The number of rotatable bonds is 6. The molecule has 1 saturated heterocycles. The summed E-state index contributed by atoms with van der Waals surface area (Å²) in [6.45, 7) is 2.09. The molecule has 1 aliphatic rings. The number of ether oxygens (including phenoxy) is 3. The molecule has 7 heteroatoms. The number of anilines is 1. The summed E-state index contributed by atoms with van der Waals surface area (Å²) in [5, 5.41) is 0. The number of aryl methyl sites for hydroxylation is 1. The van der Waals surface area contributed by atoms with Gasteiger partial charge in [0.25, 0.3) is 5.91 Å². The van der Waals surface area contributed by atoms with E-state index < -0.39 is 0 Å². The summed E-state index contributed by atoms with van der Waals surface area (Å²) in [7, 11) is 4.66. The van der Waals surface area contributed by atoms with Crippen molar-refractivity contribution in [2.45, 2.75) is 13.3 Å². The highest BCUT2D eigenvalue weighted by Crippen LogP contribution is 2.41. The first-order chi connectivity index (χ1) is 13.5. The molecular weight excluding hydrogens is 394 g/mol. The summed E-state index contributed by atoms with van der Waals surface area (Å²) in [4.78, 5) is 15.1. The molecule has 5 nitrogen and oxygen atoms in total. The van der Waals surface area contributed by atoms with Gasteiger partial charge in [0.1, 0.15) is 0 Å². The van der Waals surface area contributed by atoms with E-state index in [-0.39, 0.29) is 5.91 Å². The summed E-state index contributed by atoms with van der Waals surface area (Å²) in [5.74, 6) is 1.41. The van der Waals surface area contributed by atoms with Crippen molar-refractivity contribution >= 4 is 46.0 Å². The molecule has 0 bridgehead atoms. The van der Waals surface area contributed by atoms with Gasteiger partial charge in [-0.1, -0.05) is 43.0 Å². The number of hydrogen-bond acceptors (Lipinski definition) is 6. The Labute approximate surface area is 174 Å². The first-order valence-electron chi connectivity index (χ1n) is 8.69. The van der Waals surface area contributed by atoms with Crippen LogP contribution >= 0.6 is 24.0 Å². The molecule has 0 N–H and O–H groups in total. The number of nitrogens with zero attached hydrogens (tertiary/aromatic N) is 1. The highest BCUT2D eigenvalue weighted by Gasteiger charge is 2.33. The average molecular weight is 416 g/mol. The SMILES string of the molecule is CCc1ccc(N2C(=O)/C(=C/c3cc(OC)c(OC)c(OC)c3)SC2=S)cc1. The second kappa shape index (κ2) is 8.67. The van der Waals surface area contributed by atoms with Crippen molar-refractivity contribution in [3.8, 4) is 17.2 Å². The van der Waals surface area contributed by atoms with E-state index in [1.54, 1.807) is 44.4 Å². The van der Waals surface area contributed by atoms with Crippen molar-refractivity contribution in [1.82, 2.24) is 0 Å². The fraction of sp³-hybridized carbons (Fsp3) is 0.238. The normalized spacial score (nSPS) is 15.3. The Bertz CT molecular complexity index is 913. The molecule has 0 radical (unpaired) electrons. The third-order valence-corrected chi connectivity index (χ3v) is 5.68. The quantitative estimate of drug-likeness (QED) is 0.504. The van der Waals surface area contributed by atoms with Crippen molar-refractivity contribution in [3.05, 3.63) is 52.4 Å². The maximum absolute atomic E-state index is 13.0. The molecule has 0 saturated carbocycles. The molecule has 1 aliphatic heterocycles. The maximum atomic E-state index is 13.0. The van der Waals surface area contributed by atoms with Crippen molar-refractivity contribution in [3.63, 3.8) is 0 Å². The highest BCUT2D eigenvalue weighted by molar-refractivity contribution is 8.27. The van der Waals surface area contributed by atoms with E-state index in [2.05, 4.69) is 6.92 Å². The van der Waals surface area contributed by atoms with Gasteiger partial charge in [-0.25, -0.2) is 0 Å². The van der Waals surface area contributed by atoms with Crippen LogP contribution in [0.1, 0.15) is 18.1 Å². The zero-order chi connectivity index (χ0) is 20.3. The molecule has 2 aromatic carbocycles. The Balaban J connectivity index is 1.95. The van der Waals surface area contributed by atoms with E-state index >= 15 is 0 Å². The summed E-state index contributed by atoms with van der Waals surface area (Å²) in [6.07, 6.45) is 2.73. The predicted octanol–water partition coefficient (Wildman–Crippen LogP) is 4.68. The Morgan fingerprint density at radius 2 is 1.64 bits per heavy atom. The largest absolute Gasteiger partial charge is 0.493 e. The molecule has 0 unspecified atom stereocenters. The molecule has 1 heterocycles. The van der Waals surface area contributed by atoms with Crippen molar-refractivity contribution in [2.75, 3.05) is 26.2 Å². The minimum Gasteiger partial charge on any atom is -0.493 e. The van der Waals surface area contributed by atoms with Crippen LogP contribution in [0.2, 0.25) is 0 Å². The van der Waals surface area contributed by atoms with E-state index in [0.717, 1.165) is 17.7 Å². The lowest BCUT2D eigenvalue weighted by Gasteiger charge is -2.15. The third-order valence-electron chi connectivity index (χ3n) is 4.38. The molecule has 3 rings (SSSR count). The van der Waals surface area contributed by atoms with Crippen LogP contribution in [-0.2, 0) is 11.2 Å². The molecule has 28 heavy (non-hydrogen) atoms. The zero-order valence-corrected chi connectivity index (χ0v) is 17.8. The number of methoxy groups -OCH3 is 3. The monoisotopic (exact) mass is 415 g/mol. The zero-order valence-electron chi connectivity index (χ0n) is 16.1. The van der Waals surface area contributed by atoms with Crippen LogP contribution in [0.3, 0.4) is 0 Å². The molecule has 0 spiro atoms. The minimum absolute atomic E-state index is 0.145. The molecule has 146 valence electrons. The smallest absolute Gasteiger partial charge is 0.270 e. The number of benzene rings is 2. The van der Waals surface area contributed by atoms with Crippen LogP contribution in [0.4, 0.5) is 5.69 Å². The Hall–Kier alpha value is -2.51. The molecule has 0 aromatic heterocycles. The molecule has 0 aliphatic carbocycles. The average Bonchev–Trinajstić information content (AvgIpc) is 3.00. The third kappa shape index (κ3) is 3.86. The lowest BCUT2D eigenvalue weighted by molar-refractivity contribution is -0.113. The van der Waals surface area contributed by atoms with Gasteiger partial charge in [0.05, 0.1) is 31.9 Å². The van der Waals surface area contributed by atoms with Gasteiger partial charge in [-0.3, -0.25) is 9.69 Å². The van der Waals surface area contributed by atoms with Gasteiger partial charge in [-0.15, -0.1) is 0 Å². The first-order valence-corrected chi connectivity index (χ1v) is 9.91. The molecule has 1 amide bonds. The number of amides is 1. The molecule has 0 atom stereocenters. The van der Waals surface area contributed by atoms with Crippen LogP contribution in [0.25, 0.3) is 6.08 Å². The van der Waals surface area contributed by atoms with Crippen molar-refractivity contribution in [2.24, 2.45) is 0 Å². The van der Waals surface area contributed by atoms with Gasteiger partial charge in [0, 0.05) is 0 Å². The van der Waals surface area contributed by atoms with Crippen molar-refractivity contribution in [1.29, 1.82) is 0 Å². The fourth-order valence-electron chi connectivity index (χ4n) is 2.91. The van der Waals surface area contributed by atoms with Gasteiger partial charge in [-0.2, -0.15) is 0 Å².